The highest BCUT2D eigenvalue weighted by Crippen LogP contribution is 2.26. The van der Waals surface area contributed by atoms with Crippen LogP contribution in [0.3, 0.4) is 0 Å². The van der Waals surface area contributed by atoms with Gasteiger partial charge in [-0.05, 0) is 62.6 Å². The quantitative estimate of drug-likeness (QED) is 0.715. The van der Waals surface area contributed by atoms with Gasteiger partial charge in [0.1, 0.15) is 11.3 Å². The van der Waals surface area contributed by atoms with Gasteiger partial charge in [-0.25, -0.2) is 4.98 Å². The molecular weight excluding hydrogens is 350 g/mol. The summed E-state index contributed by atoms with van der Waals surface area (Å²) in [6, 6.07) is 15.9. The summed E-state index contributed by atoms with van der Waals surface area (Å²) in [5, 5.41) is 3.95. The predicted molar refractivity (Wildman–Crippen MR) is 113 cm³/mol. The minimum Gasteiger partial charge on any atom is -0.481 e. The van der Waals surface area contributed by atoms with Gasteiger partial charge in [-0.3, -0.25) is 4.79 Å². The second-order valence-corrected chi connectivity index (χ2v) is 7.31. The second kappa shape index (κ2) is 7.89. The molecule has 1 N–H and O–H groups in total. The van der Waals surface area contributed by atoms with Gasteiger partial charge in [0.15, 0.2) is 6.61 Å². The first-order valence-electron chi connectivity index (χ1n) is 9.75. The zero-order chi connectivity index (χ0) is 19.5. The fourth-order valence-corrected chi connectivity index (χ4v) is 3.62. The Balaban J connectivity index is 1.42. The minimum absolute atomic E-state index is 0.0535. The maximum Gasteiger partial charge on any atom is 0.262 e. The molecule has 28 heavy (non-hydrogen) atoms. The molecule has 0 spiro atoms. The van der Waals surface area contributed by atoms with Gasteiger partial charge in [-0.2, -0.15) is 0 Å². The van der Waals surface area contributed by atoms with E-state index in [1.165, 1.54) is 18.5 Å². The number of fused-ring (bicyclic) bond motifs is 1. The molecule has 1 saturated heterocycles. The van der Waals surface area contributed by atoms with E-state index >= 15 is 0 Å². The minimum atomic E-state index is -0.179. The first-order chi connectivity index (χ1) is 13.6. The molecule has 2 aromatic carbocycles. The Labute approximate surface area is 165 Å². The number of aromatic nitrogens is 1. The Bertz CT molecular complexity index is 1010. The van der Waals surface area contributed by atoms with Crippen LogP contribution >= 0.6 is 0 Å². The van der Waals surface area contributed by atoms with Crippen molar-refractivity contribution in [3.63, 3.8) is 0 Å². The number of anilines is 2. The molecule has 4 rings (SSSR count). The molecular formula is C23H25N3O2. The van der Waals surface area contributed by atoms with E-state index < -0.39 is 0 Å². The highest BCUT2D eigenvalue weighted by atomic mass is 16.5. The molecule has 5 heteroatoms. The number of ether oxygens (including phenoxy) is 1. The van der Waals surface area contributed by atoms with Gasteiger partial charge in [0.05, 0.1) is 0 Å². The summed E-state index contributed by atoms with van der Waals surface area (Å²) in [6.45, 7) is 6.13. The predicted octanol–water partition coefficient (Wildman–Crippen LogP) is 4.47. The summed E-state index contributed by atoms with van der Waals surface area (Å²) in [4.78, 5) is 19.3. The number of carbonyl (C=O) groups is 1. The topological polar surface area (TPSA) is 54.5 Å². The summed E-state index contributed by atoms with van der Waals surface area (Å²) in [5.74, 6) is 0.444. The van der Waals surface area contributed by atoms with E-state index in [0.29, 0.717) is 5.75 Å². The first-order valence-corrected chi connectivity index (χ1v) is 9.75. The molecule has 1 aromatic heterocycles. The Kier molecular flexibility index (Phi) is 5.15. The second-order valence-electron chi connectivity index (χ2n) is 7.31. The normalized spacial score (nSPS) is 13.7. The molecule has 1 aliphatic heterocycles. The Morgan fingerprint density at radius 3 is 2.71 bits per heavy atom. The van der Waals surface area contributed by atoms with Crippen LogP contribution in [0.25, 0.3) is 10.9 Å². The third kappa shape index (κ3) is 3.93. The standard InChI is InChI=1S/C23H25N3O2/c1-16-14-19(26-12-3-4-13-26)10-11-20(16)25-22(27)15-28-21-7-5-6-18-9-8-17(2)24-23(18)21/h5-11,14H,3-4,12-13,15H2,1-2H3,(H,25,27). The first kappa shape index (κ1) is 18.3. The fraction of sp³-hybridized carbons (Fsp3) is 0.304. The number of pyridine rings is 1. The molecule has 0 unspecified atom stereocenters. The molecule has 0 saturated carbocycles. The van der Waals surface area contributed by atoms with Crippen molar-refractivity contribution in [2.24, 2.45) is 0 Å². The van der Waals surface area contributed by atoms with Crippen molar-refractivity contribution >= 4 is 28.2 Å². The number of nitrogens with zero attached hydrogens (tertiary/aromatic N) is 2. The lowest BCUT2D eigenvalue weighted by atomic mass is 10.1. The number of para-hydroxylation sites is 1. The van der Waals surface area contributed by atoms with E-state index in [9.17, 15) is 4.79 Å². The van der Waals surface area contributed by atoms with Crippen molar-refractivity contribution in [2.75, 3.05) is 29.9 Å². The van der Waals surface area contributed by atoms with E-state index in [4.69, 9.17) is 4.74 Å². The van der Waals surface area contributed by atoms with Gasteiger partial charge in [0.25, 0.3) is 5.91 Å². The van der Waals surface area contributed by atoms with Crippen LogP contribution < -0.4 is 15.0 Å². The van der Waals surface area contributed by atoms with Gasteiger partial charge < -0.3 is 15.0 Å². The zero-order valence-corrected chi connectivity index (χ0v) is 16.4. The van der Waals surface area contributed by atoms with Crippen molar-refractivity contribution in [2.45, 2.75) is 26.7 Å². The summed E-state index contributed by atoms with van der Waals surface area (Å²) >= 11 is 0. The highest BCUT2D eigenvalue weighted by molar-refractivity contribution is 5.93. The zero-order valence-electron chi connectivity index (χ0n) is 16.4. The van der Waals surface area contributed by atoms with E-state index in [1.54, 1.807) is 0 Å². The molecule has 1 amide bonds. The molecule has 2 heterocycles. The molecule has 0 atom stereocenters. The molecule has 0 aliphatic carbocycles. The average Bonchev–Trinajstić information content (AvgIpc) is 3.23. The van der Waals surface area contributed by atoms with Crippen LogP contribution in [-0.4, -0.2) is 30.6 Å². The lowest BCUT2D eigenvalue weighted by molar-refractivity contribution is -0.118. The maximum atomic E-state index is 12.4. The van der Waals surface area contributed by atoms with Gasteiger partial charge in [0, 0.05) is 35.5 Å². The van der Waals surface area contributed by atoms with Crippen LogP contribution in [0, 0.1) is 13.8 Å². The van der Waals surface area contributed by atoms with Gasteiger partial charge in [0.2, 0.25) is 0 Å². The summed E-state index contributed by atoms with van der Waals surface area (Å²) in [5.41, 5.74) is 4.80. The number of benzene rings is 2. The summed E-state index contributed by atoms with van der Waals surface area (Å²) in [7, 11) is 0. The van der Waals surface area contributed by atoms with Crippen molar-refractivity contribution < 1.29 is 9.53 Å². The highest BCUT2D eigenvalue weighted by Gasteiger charge is 2.14. The summed E-state index contributed by atoms with van der Waals surface area (Å²) in [6.07, 6.45) is 2.49. The molecule has 1 fully saturated rings. The number of nitrogens with one attached hydrogen (secondary N) is 1. The van der Waals surface area contributed by atoms with Crippen molar-refractivity contribution in [3.05, 3.63) is 59.8 Å². The van der Waals surface area contributed by atoms with Crippen molar-refractivity contribution in [1.82, 2.24) is 4.98 Å². The average molecular weight is 375 g/mol. The van der Waals surface area contributed by atoms with E-state index in [-0.39, 0.29) is 12.5 Å². The van der Waals surface area contributed by atoms with E-state index in [0.717, 1.165) is 40.9 Å². The molecule has 1 aliphatic rings. The Morgan fingerprint density at radius 2 is 1.93 bits per heavy atom. The number of hydrogen-bond donors (Lipinski definition) is 1. The third-order valence-corrected chi connectivity index (χ3v) is 5.14. The molecule has 3 aromatic rings. The number of hydrogen-bond acceptors (Lipinski definition) is 4. The smallest absolute Gasteiger partial charge is 0.262 e. The van der Waals surface area contributed by atoms with Crippen molar-refractivity contribution in [3.8, 4) is 5.75 Å². The van der Waals surface area contributed by atoms with Crippen LogP contribution in [0.1, 0.15) is 24.1 Å². The number of rotatable bonds is 5. The molecule has 0 radical (unpaired) electrons. The number of carbonyl (C=O) groups excluding carboxylic acids is 1. The lowest BCUT2D eigenvalue weighted by Gasteiger charge is -2.19. The van der Waals surface area contributed by atoms with E-state index in [2.05, 4.69) is 27.3 Å². The van der Waals surface area contributed by atoms with Crippen molar-refractivity contribution in [1.29, 1.82) is 0 Å². The number of amides is 1. The molecule has 0 bridgehead atoms. The van der Waals surface area contributed by atoms with Gasteiger partial charge in [-0.15, -0.1) is 0 Å². The van der Waals surface area contributed by atoms with Gasteiger partial charge in [-0.1, -0.05) is 18.2 Å². The van der Waals surface area contributed by atoms with Crippen LogP contribution in [0.2, 0.25) is 0 Å². The van der Waals surface area contributed by atoms with Crippen LogP contribution in [-0.2, 0) is 4.79 Å². The lowest BCUT2D eigenvalue weighted by Crippen LogP contribution is -2.21. The largest absolute Gasteiger partial charge is 0.481 e. The van der Waals surface area contributed by atoms with Crippen LogP contribution in [0.4, 0.5) is 11.4 Å². The number of aryl methyl sites for hydroxylation is 2. The summed E-state index contributed by atoms with van der Waals surface area (Å²) < 4.78 is 5.77. The molecule has 144 valence electrons. The Morgan fingerprint density at radius 1 is 1.11 bits per heavy atom. The van der Waals surface area contributed by atoms with Crippen LogP contribution in [0.15, 0.2) is 48.5 Å². The monoisotopic (exact) mass is 375 g/mol. The molecule has 5 nitrogen and oxygen atoms in total. The SMILES string of the molecule is Cc1ccc2cccc(OCC(=O)Nc3ccc(N4CCCC4)cc3C)c2n1. The fourth-order valence-electron chi connectivity index (χ4n) is 3.62. The maximum absolute atomic E-state index is 12.4. The van der Waals surface area contributed by atoms with Gasteiger partial charge >= 0.3 is 0 Å². The Hall–Kier alpha value is -3.08. The van der Waals surface area contributed by atoms with E-state index in [1.807, 2.05) is 50.2 Å². The van der Waals surface area contributed by atoms with Crippen LogP contribution in [0.5, 0.6) is 5.75 Å². The third-order valence-electron chi connectivity index (χ3n) is 5.14.